The molecule has 1 aromatic carbocycles. The van der Waals surface area contributed by atoms with Gasteiger partial charge in [-0.1, -0.05) is 38.5 Å². The van der Waals surface area contributed by atoms with E-state index in [0.717, 1.165) is 25.3 Å². The molecule has 1 N–H and O–H groups in total. The summed E-state index contributed by atoms with van der Waals surface area (Å²) in [7, 11) is 0. The molecule has 0 aliphatic heterocycles. The number of benzene rings is 1. The Hall–Kier alpha value is -1.02. The van der Waals surface area contributed by atoms with Crippen LogP contribution in [-0.2, 0) is 0 Å². The average molecular weight is 221 g/mol. The molecule has 2 nitrogen and oxygen atoms in total. The zero-order chi connectivity index (χ0) is 11.6. The van der Waals surface area contributed by atoms with Gasteiger partial charge in [-0.25, -0.2) is 0 Å². The Balaban J connectivity index is 2.22. The van der Waals surface area contributed by atoms with Crippen molar-refractivity contribution in [1.82, 2.24) is 5.32 Å². The molecule has 0 bridgehead atoms. The lowest BCUT2D eigenvalue weighted by molar-refractivity contribution is 0.281. The van der Waals surface area contributed by atoms with Crippen LogP contribution in [0.2, 0.25) is 0 Å². The Morgan fingerprint density at radius 3 is 2.50 bits per heavy atom. The summed E-state index contributed by atoms with van der Waals surface area (Å²) < 4.78 is 5.69. The fourth-order valence-electron chi connectivity index (χ4n) is 1.82. The van der Waals surface area contributed by atoms with Gasteiger partial charge in [-0.3, -0.25) is 0 Å². The van der Waals surface area contributed by atoms with Crippen molar-refractivity contribution >= 4 is 0 Å². The summed E-state index contributed by atoms with van der Waals surface area (Å²) >= 11 is 0. The molecule has 1 aromatic rings. The Bertz CT molecular complexity index is 255. The maximum Gasteiger partial charge on any atom is 0.119 e. The fraction of sp³-hybridized carbons (Fsp3) is 0.571. The summed E-state index contributed by atoms with van der Waals surface area (Å²) in [6.07, 6.45) is 3.53. The number of hydrogen-bond donors (Lipinski definition) is 1. The molecule has 16 heavy (non-hydrogen) atoms. The minimum absolute atomic E-state index is 0.596. The van der Waals surface area contributed by atoms with Crippen LogP contribution in [0.5, 0.6) is 5.75 Å². The summed E-state index contributed by atoms with van der Waals surface area (Å²) in [5.41, 5.74) is 0. The summed E-state index contributed by atoms with van der Waals surface area (Å²) in [6.45, 7) is 6.21. The SMILES string of the molecule is CCCC(CCOc1ccccc1)NCC. The quantitative estimate of drug-likeness (QED) is 0.727. The second-order valence-corrected chi connectivity index (χ2v) is 3.99. The minimum Gasteiger partial charge on any atom is -0.494 e. The van der Waals surface area contributed by atoms with Gasteiger partial charge in [0.15, 0.2) is 0 Å². The van der Waals surface area contributed by atoms with Crippen LogP contribution in [0.4, 0.5) is 0 Å². The Labute approximate surface area is 99.0 Å². The van der Waals surface area contributed by atoms with Crippen LogP contribution < -0.4 is 10.1 Å². The first-order chi connectivity index (χ1) is 7.86. The van der Waals surface area contributed by atoms with Crippen molar-refractivity contribution in [2.75, 3.05) is 13.2 Å². The summed E-state index contributed by atoms with van der Waals surface area (Å²) in [5, 5.41) is 3.49. The van der Waals surface area contributed by atoms with Crippen molar-refractivity contribution in [3.8, 4) is 5.75 Å². The van der Waals surface area contributed by atoms with E-state index in [9.17, 15) is 0 Å². The minimum atomic E-state index is 0.596. The average Bonchev–Trinajstić information content (AvgIpc) is 2.31. The number of nitrogens with one attached hydrogen (secondary N) is 1. The van der Waals surface area contributed by atoms with E-state index in [0.29, 0.717) is 6.04 Å². The summed E-state index contributed by atoms with van der Waals surface area (Å²) in [5.74, 6) is 0.967. The van der Waals surface area contributed by atoms with E-state index >= 15 is 0 Å². The highest BCUT2D eigenvalue weighted by atomic mass is 16.5. The molecule has 0 spiro atoms. The highest BCUT2D eigenvalue weighted by Crippen LogP contribution is 2.10. The molecule has 0 saturated carbocycles. The van der Waals surface area contributed by atoms with Crippen molar-refractivity contribution < 1.29 is 4.74 Å². The molecule has 0 aromatic heterocycles. The van der Waals surface area contributed by atoms with Gasteiger partial charge in [0, 0.05) is 6.04 Å². The topological polar surface area (TPSA) is 21.3 Å². The van der Waals surface area contributed by atoms with Gasteiger partial charge in [0.1, 0.15) is 5.75 Å². The standard InChI is InChI=1S/C14H23NO/c1-3-8-13(15-4-2)11-12-16-14-9-6-5-7-10-14/h5-7,9-10,13,15H,3-4,8,11-12H2,1-2H3. The zero-order valence-electron chi connectivity index (χ0n) is 10.4. The van der Waals surface area contributed by atoms with Crippen molar-refractivity contribution in [3.05, 3.63) is 30.3 Å². The first kappa shape index (κ1) is 13.0. The van der Waals surface area contributed by atoms with Gasteiger partial charge in [0.05, 0.1) is 6.61 Å². The number of hydrogen-bond acceptors (Lipinski definition) is 2. The molecule has 0 fully saturated rings. The molecule has 0 aliphatic carbocycles. The Kier molecular flexibility index (Phi) is 6.66. The van der Waals surface area contributed by atoms with Gasteiger partial charge in [-0.2, -0.15) is 0 Å². The lowest BCUT2D eigenvalue weighted by Crippen LogP contribution is -2.30. The molecular formula is C14H23NO. The first-order valence-corrected chi connectivity index (χ1v) is 6.28. The van der Waals surface area contributed by atoms with Gasteiger partial charge in [-0.15, -0.1) is 0 Å². The third-order valence-electron chi connectivity index (χ3n) is 2.61. The Morgan fingerprint density at radius 2 is 1.88 bits per heavy atom. The molecule has 1 atom stereocenters. The predicted octanol–water partition coefficient (Wildman–Crippen LogP) is 3.23. The van der Waals surface area contributed by atoms with Crippen LogP contribution >= 0.6 is 0 Å². The zero-order valence-corrected chi connectivity index (χ0v) is 10.4. The van der Waals surface area contributed by atoms with E-state index in [1.165, 1.54) is 12.8 Å². The second kappa shape index (κ2) is 8.17. The molecule has 90 valence electrons. The van der Waals surface area contributed by atoms with Crippen LogP contribution in [-0.4, -0.2) is 19.2 Å². The van der Waals surface area contributed by atoms with Crippen LogP contribution in [0.1, 0.15) is 33.1 Å². The molecule has 0 saturated heterocycles. The molecule has 1 unspecified atom stereocenters. The van der Waals surface area contributed by atoms with Crippen LogP contribution in [0.15, 0.2) is 30.3 Å². The maximum atomic E-state index is 5.69. The number of para-hydroxylation sites is 1. The molecule has 0 aliphatic rings. The van der Waals surface area contributed by atoms with Gasteiger partial charge in [0.2, 0.25) is 0 Å². The summed E-state index contributed by atoms with van der Waals surface area (Å²) in [4.78, 5) is 0. The molecule has 0 heterocycles. The van der Waals surface area contributed by atoms with Crippen molar-refractivity contribution in [1.29, 1.82) is 0 Å². The third-order valence-corrected chi connectivity index (χ3v) is 2.61. The third kappa shape index (κ3) is 5.17. The van der Waals surface area contributed by atoms with E-state index in [4.69, 9.17) is 4.74 Å². The first-order valence-electron chi connectivity index (χ1n) is 6.28. The molecule has 1 rings (SSSR count). The number of rotatable bonds is 8. The van der Waals surface area contributed by atoms with E-state index in [1.807, 2.05) is 30.3 Å². The lowest BCUT2D eigenvalue weighted by atomic mass is 10.1. The Morgan fingerprint density at radius 1 is 1.12 bits per heavy atom. The van der Waals surface area contributed by atoms with E-state index in [1.54, 1.807) is 0 Å². The molecule has 0 amide bonds. The van der Waals surface area contributed by atoms with E-state index in [-0.39, 0.29) is 0 Å². The smallest absolute Gasteiger partial charge is 0.119 e. The van der Waals surface area contributed by atoms with Crippen LogP contribution in [0, 0.1) is 0 Å². The molecular weight excluding hydrogens is 198 g/mol. The normalized spacial score (nSPS) is 12.4. The van der Waals surface area contributed by atoms with Gasteiger partial charge in [0.25, 0.3) is 0 Å². The molecule has 2 heteroatoms. The molecule has 0 radical (unpaired) electrons. The highest BCUT2D eigenvalue weighted by Gasteiger charge is 2.05. The van der Waals surface area contributed by atoms with E-state index < -0.39 is 0 Å². The van der Waals surface area contributed by atoms with E-state index in [2.05, 4.69) is 19.2 Å². The summed E-state index contributed by atoms with van der Waals surface area (Å²) in [6, 6.07) is 10.6. The second-order valence-electron chi connectivity index (χ2n) is 3.99. The van der Waals surface area contributed by atoms with Crippen LogP contribution in [0.25, 0.3) is 0 Å². The fourth-order valence-corrected chi connectivity index (χ4v) is 1.82. The van der Waals surface area contributed by atoms with Crippen molar-refractivity contribution in [3.63, 3.8) is 0 Å². The van der Waals surface area contributed by atoms with Crippen molar-refractivity contribution in [2.45, 2.75) is 39.2 Å². The highest BCUT2D eigenvalue weighted by molar-refractivity contribution is 5.20. The van der Waals surface area contributed by atoms with Gasteiger partial charge in [-0.05, 0) is 31.5 Å². The maximum absolute atomic E-state index is 5.69. The number of ether oxygens (including phenoxy) is 1. The van der Waals surface area contributed by atoms with Crippen LogP contribution in [0.3, 0.4) is 0 Å². The van der Waals surface area contributed by atoms with Gasteiger partial charge >= 0.3 is 0 Å². The monoisotopic (exact) mass is 221 g/mol. The van der Waals surface area contributed by atoms with Crippen molar-refractivity contribution in [2.24, 2.45) is 0 Å². The largest absolute Gasteiger partial charge is 0.494 e. The van der Waals surface area contributed by atoms with Gasteiger partial charge < -0.3 is 10.1 Å². The lowest BCUT2D eigenvalue weighted by Gasteiger charge is -2.17. The predicted molar refractivity (Wildman–Crippen MR) is 68.9 cm³/mol.